The standard InChI is InChI=1S/C15H24N2O2S/c1-13-5-7-14(8-6-13)12-17-20(18,19)11-9-15-4-2-3-10-16-15/h5-8,15-17H,2-4,9-12H2,1H3. The summed E-state index contributed by atoms with van der Waals surface area (Å²) in [7, 11) is -3.18. The highest BCUT2D eigenvalue weighted by Crippen LogP contribution is 2.11. The Morgan fingerprint density at radius 1 is 1.25 bits per heavy atom. The second-order valence-corrected chi connectivity index (χ2v) is 7.49. The third kappa shape index (κ3) is 5.23. The molecule has 1 saturated heterocycles. The van der Waals surface area contributed by atoms with Gasteiger partial charge < -0.3 is 5.32 Å². The molecule has 1 aromatic rings. The van der Waals surface area contributed by atoms with E-state index in [0.29, 0.717) is 19.0 Å². The van der Waals surface area contributed by atoms with Crippen molar-refractivity contribution >= 4 is 10.0 Å². The Hall–Kier alpha value is -0.910. The summed E-state index contributed by atoms with van der Waals surface area (Å²) < 4.78 is 26.6. The molecule has 1 unspecified atom stereocenters. The van der Waals surface area contributed by atoms with Crippen LogP contribution in [0.25, 0.3) is 0 Å². The summed E-state index contributed by atoms with van der Waals surface area (Å²) in [5.74, 6) is 0.205. The van der Waals surface area contributed by atoms with Crippen molar-refractivity contribution in [2.24, 2.45) is 0 Å². The van der Waals surface area contributed by atoms with Crippen LogP contribution < -0.4 is 10.0 Å². The molecule has 1 aliphatic rings. The lowest BCUT2D eigenvalue weighted by molar-refractivity contribution is 0.392. The third-order valence-corrected chi connectivity index (χ3v) is 5.12. The van der Waals surface area contributed by atoms with Crippen LogP contribution in [0.2, 0.25) is 0 Å². The van der Waals surface area contributed by atoms with Crippen molar-refractivity contribution in [3.8, 4) is 0 Å². The zero-order chi connectivity index (χ0) is 14.4. The van der Waals surface area contributed by atoms with Gasteiger partial charge in [-0.15, -0.1) is 0 Å². The second-order valence-electron chi connectivity index (χ2n) is 5.56. The van der Waals surface area contributed by atoms with Gasteiger partial charge in [0.2, 0.25) is 10.0 Å². The van der Waals surface area contributed by atoms with E-state index in [0.717, 1.165) is 18.5 Å². The molecule has 0 spiro atoms. The summed E-state index contributed by atoms with van der Waals surface area (Å²) in [5, 5.41) is 3.38. The minimum atomic E-state index is -3.18. The predicted molar refractivity (Wildman–Crippen MR) is 82.1 cm³/mol. The quantitative estimate of drug-likeness (QED) is 0.843. The molecular weight excluding hydrogens is 272 g/mol. The first kappa shape index (κ1) is 15.5. The fraction of sp³-hybridized carbons (Fsp3) is 0.600. The van der Waals surface area contributed by atoms with E-state index in [1.54, 1.807) is 0 Å². The van der Waals surface area contributed by atoms with Crippen LogP contribution in [-0.2, 0) is 16.6 Å². The Balaban J connectivity index is 1.76. The predicted octanol–water partition coefficient (Wildman–Crippen LogP) is 1.95. The molecule has 1 heterocycles. The lowest BCUT2D eigenvalue weighted by Gasteiger charge is -2.23. The molecule has 0 amide bonds. The van der Waals surface area contributed by atoms with Gasteiger partial charge in [-0.2, -0.15) is 0 Å². The lowest BCUT2D eigenvalue weighted by atomic mass is 10.0. The molecule has 2 N–H and O–H groups in total. The lowest BCUT2D eigenvalue weighted by Crippen LogP contribution is -2.37. The van der Waals surface area contributed by atoms with Gasteiger partial charge in [0.05, 0.1) is 5.75 Å². The van der Waals surface area contributed by atoms with Gasteiger partial charge in [0.25, 0.3) is 0 Å². The van der Waals surface area contributed by atoms with Gasteiger partial charge in [-0.05, 0) is 38.3 Å². The minimum absolute atomic E-state index is 0.205. The summed E-state index contributed by atoms with van der Waals surface area (Å²) in [4.78, 5) is 0. The molecule has 20 heavy (non-hydrogen) atoms. The van der Waals surface area contributed by atoms with E-state index < -0.39 is 10.0 Å². The topological polar surface area (TPSA) is 58.2 Å². The number of benzene rings is 1. The van der Waals surface area contributed by atoms with E-state index in [9.17, 15) is 8.42 Å². The molecule has 0 saturated carbocycles. The Bertz CT molecular complexity index is 505. The molecule has 2 rings (SSSR count). The molecule has 4 nitrogen and oxygen atoms in total. The number of hydrogen-bond acceptors (Lipinski definition) is 3. The SMILES string of the molecule is Cc1ccc(CNS(=O)(=O)CCC2CCCCN2)cc1. The van der Waals surface area contributed by atoms with Crippen molar-refractivity contribution in [2.45, 2.75) is 45.2 Å². The second kappa shape index (κ2) is 7.20. The summed E-state index contributed by atoms with van der Waals surface area (Å²) in [6, 6.07) is 8.27. The van der Waals surface area contributed by atoms with Gasteiger partial charge in [0, 0.05) is 12.6 Å². The number of nitrogens with one attached hydrogen (secondary N) is 2. The first-order chi connectivity index (χ1) is 9.55. The first-order valence-corrected chi connectivity index (χ1v) is 8.97. The maximum Gasteiger partial charge on any atom is 0.211 e. The van der Waals surface area contributed by atoms with Crippen LogP contribution in [0, 0.1) is 6.92 Å². The van der Waals surface area contributed by atoms with Crippen molar-refractivity contribution in [3.05, 3.63) is 35.4 Å². The van der Waals surface area contributed by atoms with Crippen molar-refractivity contribution in [1.29, 1.82) is 0 Å². The van der Waals surface area contributed by atoms with E-state index in [2.05, 4.69) is 10.0 Å². The number of hydrogen-bond donors (Lipinski definition) is 2. The molecule has 1 fully saturated rings. The van der Waals surface area contributed by atoms with Gasteiger partial charge >= 0.3 is 0 Å². The van der Waals surface area contributed by atoms with Crippen molar-refractivity contribution in [1.82, 2.24) is 10.0 Å². The normalized spacial score (nSPS) is 19.9. The van der Waals surface area contributed by atoms with E-state index in [1.165, 1.54) is 18.4 Å². The van der Waals surface area contributed by atoms with Crippen LogP contribution in [0.1, 0.15) is 36.8 Å². The molecular formula is C15H24N2O2S. The monoisotopic (exact) mass is 296 g/mol. The minimum Gasteiger partial charge on any atom is -0.314 e. The maximum atomic E-state index is 12.0. The Kier molecular flexibility index (Phi) is 5.57. The number of aryl methyl sites for hydroxylation is 1. The highest BCUT2D eigenvalue weighted by molar-refractivity contribution is 7.89. The summed E-state index contributed by atoms with van der Waals surface area (Å²) >= 11 is 0. The molecule has 1 aromatic carbocycles. The van der Waals surface area contributed by atoms with E-state index >= 15 is 0 Å². The molecule has 1 atom stereocenters. The summed E-state index contributed by atoms with van der Waals surface area (Å²) in [6.07, 6.45) is 4.19. The maximum absolute atomic E-state index is 12.0. The molecule has 5 heteroatoms. The fourth-order valence-electron chi connectivity index (χ4n) is 2.44. The first-order valence-electron chi connectivity index (χ1n) is 7.31. The Morgan fingerprint density at radius 3 is 2.65 bits per heavy atom. The van der Waals surface area contributed by atoms with E-state index in [-0.39, 0.29) is 5.75 Å². The van der Waals surface area contributed by atoms with Crippen LogP contribution in [-0.4, -0.2) is 26.8 Å². The van der Waals surface area contributed by atoms with Crippen LogP contribution >= 0.6 is 0 Å². The summed E-state index contributed by atoms with van der Waals surface area (Å²) in [6.45, 7) is 3.41. The molecule has 112 valence electrons. The summed E-state index contributed by atoms with van der Waals surface area (Å²) in [5.41, 5.74) is 2.18. The highest BCUT2D eigenvalue weighted by atomic mass is 32.2. The van der Waals surface area contributed by atoms with E-state index in [4.69, 9.17) is 0 Å². The van der Waals surface area contributed by atoms with Crippen LogP contribution in [0.15, 0.2) is 24.3 Å². The third-order valence-electron chi connectivity index (χ3n) is 3.76. The molecule has 0 aromatic heterocycles. The van der Waals surface area contributed by atoms with Crippen molar-refractivity contribution < 1.29 is 8.42 Å². The van der Waals surface area contributed by atoms with Crippen LogP contribution in [0.5, 0.6) is 0 Å². The fourth-order valence-corrected chi connectivity index (χ4v) is 3.56. The van der Waals surface area contributed by atoms with Crippen LogP contribution in [0.3, 0.4) is 0 Å². The van der Waals surface area contributed by atoms with Gasteiger partial charge in [-0.1, -0.05) is 36.2 Å². The molecule has 0 bridgehead atoms. The average Bonchev–Trinajstić information content (AvgIpc) is 2.46. The smallest absolute Gasteiger partial charge is 0.211 e. The highest BCUT2D eigenvalue weighted by Gasteiger charge is 2.17. The molecule has 0 radical (unpaired) electrons. The zero-order valence-corrected chi connectivity index (χ0v) is 12.9. The van der Waals surface area contributed by atoms with Gasteiger partial charge in [-0.25, -0.2) is 13.1 Å². The molecule has 0 aliphatic carbocycles. The zero-order valence-electron chi connectivity index (χ0n) is 12.1. The number of piperidine rings is 1. The van der Waals surface area contributed by atoms with Crippen LogP contribution in [0.4, 0.5) is 0 Å². The Labute approximate surface area is 122 Å². The van der Waals surface area contributed by atoms with Crippen molar-refractivity contribution in [2.75, 3.05) is 12.3 Å². The molecule has 1 aliphatic heterocycles. The van der Waals surface area contributed by atoms with E-state index in [1.807, 2.05) is 31.2 Å². The van der Waals surface area contributed by atoms with Gasteiger partial charge in [0.15, 0.2) is 0 Å². The number of sulfonamides is 1. The van der Waals surface area contributed by atoms with Gasteiger partial charge in [0.1, 0.15) is 0 Å². The number of rotatable bonds is 6. The van der Waals surface area contributed by atoms with Gasteiger partial charge in [-0.3, -0.25) is 0 Å². The average molecular weight is 296 g/mol. The Morgan fingerprint density at radius 2 is 2.00 bits per heavy atom. The van der Waals surface area contributed by atoms with Crippen molar-refractivity contribution in [3.63, 3.8) is 0 Å². The largest absolute Gasteiger partial charge is 0.314 e.